The van der Waals surface area contributed by atoms with Gasteiger partial charge in [-0.05, 0) is 11.4 Å². The molecule has 0 aliphatic carbocycles. The van der Waals surface area contributed by atoms with Crippen LogP contribution in [0.25, 0.3) is 10.7 Å². The fourth-order valence-electron chi connectivity index (χ4n) is 2.10. The number of nitrogens with zero attached hydrogens (tertiary/aromatic N) is 3. The summed E-state index contributed by atoms with van der Waals surface area (Å²) in [5, 5.41) is 5.74. The first-order valence-corrected chi connectivity index (χ1v) is 7.28. The van der Waals surface area contributed by atoms with Crippen molar-refractivity contribution in [3.05, 3.63) is 46.0 Å². The summed E-state index contributed by atoms with van der Waals surface area (Å²) in [7, 11) is 3.07. The third-order valence-electron chi connectivity index (χ3n) is 3.10. The van der Waals surface area contributed by atoms with E-state index < -0.39 is 5.76 Å². The van der Waals surface area contributed by atoms with Gasteiger partial charge in [0, 0.05) is 12.3 Å². The molecule has 0 radical (unpaired) electrons. The SMILES string of the molecule is COc1ccnc(Cn2c(-c3cccs3)noc2=O)c1OC. The molecule has 0 fully saturated rings. The molecule has 114 valence electrons. The lowest BCUT2D eigenvalue weighted by Crippen LogP contribution is -2.17. The Balaban J connectivity index is 2.05. The first kappa shape index (κ1) is 14.3. The van der Waals surface area contributed by atoms with Crippen molar-refractivity contribution in [3.63, 3.8) is 0 Å². The third-order valence-corrected chi connectivity index (χ3v) is 3.97. The van der Waals surface area contributed by atoms with E-state index in [9.17, 15) is 4.79 Å². The summed E-state index contributed by atoms with van der Waals surface area (Å²) in [6, 6.07) is 5.45. The van der Waals surface area contributed by atoms with Crippen LogP contribution >= 0.6 is 11.3 Å². The van der Waals surface area contributed by atoms with Crippen LogP contribution in [0.5, 0.6) is 11.5 Å². The van der Waals surface area contributed by atoms with Crippen LogP contribution in [0.2, 0.25) is 0 Å². The third kappa shape index (κ3) is 2.48. The van der Waals surface area contributed by atoms with Gasteiger partial charge in [-0.3, -0.25) is 9.51 Å². The van der Waals surface area contributed by atoms with E-state index in [1.54, 1.807) is 19.4 Å². The predicted molar refractivity (Wildman–Crippen MR) is 80.5 cm³/mol. The molecule has 0 aliphatic rings. The molecule has 0 saturated heterocycles. The van der Waals surface area contributed by atoms with E-state index in [1.165, 1.54) is 23.0 Å². The zero-order valence-corrected chi connectivity index (χ0v) is 12.8. The second-order valence-corrected chi connectivity index (χ2v) is 5.28. The second-order valence-electron chi connectivity index (χ2n) is 4.33. The van der Waals surface area contributed by atoms with Gasteiger partial charge in [0.1, 0.15) is 5.69 Å². The molecule has 0 aromatic carbocycles. The highest BCUT2D eigenvalue weighted by atomic mass is 32.1. The Hall–Kier alpha value is -2.61. The summed E-state index contributed by atoms with van der Waals surface area (Å²) in [6.45, 7) is 0.177. The van der Waals surface area contributed by atoms with Gasteiger partial charge < -0.3 is 9.47 Å². The van der Waals surface area contributed by atoms with Crippen LogP contribution in [0, 0.1) is 0 Å². The van der Waals surface area contributed by atoms with Crippen LogP contribution < -0.4 is 15.2 Å². The number of hydrogen-bond acceptors (Lipinski definition) is 7. The summed E-state index contributed by atoms with van der Waals surface area (Å²) >= 11 is 1.47. The smallest absolute Gasteiger partial charge is 0.442 e. The van der Waals surface area contributed by atoms with E-state index in [4.69, 9.17) is 14.0 Å². The van der Waals surface area contributed by atoms with Gasteiger partial charge in [0.15, 0.2) is 17.3 Å². The molecule has 0 bridgehead atoms. The highest BCUT2D eigenvalue weighted by molar-refractivity contribution is 7.13. The van der Waals surface area contributed by atoms with Crippen molar-refractivity contribution in [3.8, 4) is 22.2 Å². The average Bonchev–Trinajstić information content (AvgIpc) is 3.18. The number of hydrogen-bond donors (Lipinski definition) is 0. The van der Waals surface area contributed by atoms with Gasteiger partial charge in [0.25, 0.3) is 0 Å². The molecule has 0 atom stereocenters. The van der Waals surface area contributed by atoms with Crippen molar-refractivity contribution in [2.45, 2.75) is 6.54 Å². The van der Waals surface area contributed by atoms with Crippen LogP contribution in [-0.4, -0.2) is 28.9 Å². The molecule has 22 heavy (non-hydrogen) atoms. The zero-order valence-electron chi connectivity index (χ0n) is 12.0. The van der Waals surface area contributed by atoms with Gasteiger partial charge in [0.05, 0.1) is 25.6 Å². The highest BCUT2D eigenvalue weighted by Crippen LogP contribution is 2.30. The number of ether oxygens (including phenoxy) is 2. The van der Waals surface area contributed by atoms with E-state index in [0.29, 0.717) is 23.0 Å². The fourth-order valence-corrected chi connectivity index (χ4v) is 2.82. The second kappa shape index (κ2) is 6.02. The molecular formula is C14H13N3O4S. The summed E-state index contributed by atoms with van der Waals surface area (Å²) in [6.07, 6.45) is 1.60. The van der Waals surface area contributed by atoms with E-state index in [1.807, 2.05) is 17.5 Å². The molecule has 0 unspecified atom stereocenters. The lowest BCUT2D eigenvalue weighted by molar-refractivity contribution is 0.347. The Morgan fingerprint density at radius 2 is 2.18 bits per heavy atom. The number of methoxy groups -OCH3 is 2. The maximum Gasteiger partial charge on any atom is 0.442 e. The molecule has 0 aliphatic heterocycles. The van der Waals surface area contributed by atoms with Crippen LogP contribution in [0.3, 0.4) is 0 Å². The molecule has 8 heteroatoms. The van der Waals surface area contributed by atoms with Gasteiger partial charge in [0.2, 0.25) is 0 Å². The van der Waals surface area contributed by atoms with Gasteiger partial charge in [-0.2, -0.15) is 0 Å². The molecule has 3 aromatic rings. The van der Waals surface area contributed by atoms with Crippen LogP contribution in [0.15, 0.2) is 39.1 Å². The Labute approximate surface area is 129 Å². The van der Waals surface area contributed by atoms with Crippen molar-refractivity contribution < 1.29 is 14.0 Å². The van der Waals surface area contributed by atoms with Crippen LogP contribution in [0.4, 0.5) is 0 Å². The summed E-state index contributed by atoms with van der Waals surface area (Å²) in [4.78, 5) is 17.0. The van der Waals surface area contributed by atoms with Gasteiger partial charge in [-0.1, -0.05) is 11.2 Å². The van der Waals surface area contributed by atoms with Crippen molar-refractivity contribution in [1.29, 1.82) is 0 Å². The fraction of sp³-hybridized carbons (Fsp3) is 0.214. The Kier molecular flexibility index (Phi) is 3.92. The monoisotopic (exact) mass is 319 g/mol. The first-order chi connectivity index (χ1) is 10.7. The largest absolute Gasteiger partial charge is 0.493 e. The molecule has 0 spiro atoms. The first-order valence-electron chi connectivity index (χ1n) is 6.41. The molecule has 3 heterocycles. The number of thiophene rings is 1. The molecule has 0 saturated carbocycles. The maximum absolute atomic E-state index is 11.9. The number of aromatic nitrogens is 3. The minimum absolute atomic E-state index is 0.177. The Bertz CT molecular complexity index is 823. The number of pyridine rings is 1. The van der Waals surface area contributed by atoms with Crippen LogP contribution in [0.1, 0.15) is 5.69 Å². The van der Waals surface area contributed by atoms with Crippen molar-refractivity contribution in [2.75, 3.05) is 14.2 Å². The van der Waals surface area contributed by atoms with E-state index in [0.717, 1.165) is 4.88 Å². The zero-order chi connectivity index (χ0) is 15.5. The van der Waals surface area contributed by atoms with Gasteiger partial charge in [-0.15, -0.1) is 11.3 Å². The Morgan fingerprint density at radius 1 is 1.32 bits per heavy atom. The summed E-state index contributed by atoms with van der Waals surface area (Å²) in [5.41, 5.74) is 0.560. The highest BCUT2D eigenvalue weighted by Gasteiger charge is 2.18. The molecule has 3 rings (SSSR count). The van der Waals surface area contributed by atoms with Crippen molar-refractivity contribution in [1.82, 2.24) is 14.7 Å². The quantitative estimate of drug-likeness (QED) is 0.716. The molecular weight excluding hydrogens is 306 g/mol. The minimum Gasteiger partial charge on any atom is -0.493 e. The van der Waals surface area contributed by atoms with Gasteiger partial charge >= 0.3 is 5.76 Å². The predicted octanol–water partition coefficient (Wildman–Crippen LogP) is 2.03. The lowest BCUT2D eigenvalue weighted by Gasteiger charge is -2.11. The van der Waals surface area contributed by atoms with Crippen LogP contribution in [-0.2, 0) is 6.54 Å². The lowest BCUT2D eigenvalue weighted by atomic mass is 10.3. The van der Waals surface area contributed by atoms with Gasteiger partial charge in [-0.25, -0.2) is 9.36 Å². The van der Waals surface area contributed by atoms with E-state index in [-0.39, 0.29) is 6.54 Å². The molecule has 0 amide bonds. The summed E-state index contributed by atoms with van der Waals surface area (Å²) < 4.78 is 16.8. The standard InChI is InChI=1S/C14H13N3O4S/c1-19-10-5-6-15-9(12(10)20-2)8-17-13(16-21-14(17)18)11-4-3-7-22-11/h3-7H,8H2,1-2H3. The minimum atomic E-state index is -0.546. The van der Waals surface area contributed by atoms with Crippen molar-refractivity contribution in [2.24, 2.45) is 0 Å². The molecule has 0 N–H and O–H groups in total. The van der Waals surface area contributed by atoms with E-state index >= 15 is 0 Å². The number of rotatable bonds is 5. The Morgan fingerprint density at radius 3 is 2.86 bits per heavy atom. The maximum atomic E-state index is 11.9. The molecule has 7 nitrogen and oxygen atoms in total. The van der Waals surface area contributed by atoms with E-state index in [2.05, 4.69) is 10.1 Å². The topological polar surface area (TPSA) is 79.4 Å². The summed E-state index contributed by atoms with van der Waals surface area (Å²) in [5.74, 6) is 0.951. The normalized spacial score (nSPS) is 10.6. The molecule has 3 aromatic heterocycles. The average molecular weight is 319 g/mol. The van der Waals surface area contributed by atoms with Crippen molar-refractivity contribution >= 4 is 11.3 Å².